The molecule has 0 saturated carbocycles. The van der Waals surface area contributed by atoms with Crippen molar-refractivity contribution in [2.75, 3.05) is 6.54 Å². The smallest absolute Gasteiger partial charge is 0.321 e. The van der Waals surface area contributed by atoms with E-state index < -0.39 is 39.2 Å². The van der Waals surface area contributed by atoms with E-state index in [2.05, 4.69) is 5.32 Å². The number of imide groups is 1. The first-order chi connectivity index (χ1) is 8.29. The summed E-state index contributed by atoms with van der Waals surface area (Å²) >= 11 is 0. The average Bonchev–Trinajstić information content (AvgIpc) is 2.26. The number of urea groups is 1. The Kier molecular flexibility index (Phi) is 7.18. The Bertz CT molecular complexity index is 358. The molecule has 0 aromatic heterocycles. The van der Waals surface area contributed by atoms with Crippen LogP contribution < -0.4 is 10.6 Å². The second kappa shape index (κ2) is 7.80. The lowest BCUT2D eigenvalue weighted by atomic mass is 10.3. The largest absolute Gasteiger partial charge is 0.481 e. The van der Waals surface area contributed by atoms with Crippen LogP contribution in [0.4, 0.5) is 4.79 Å². The van der Waals surface area contributed by atoms with Crippen LogP contribution in [0.1, 0.15) is 27.2 Å². The first-order valence-corrected chi connectivity index (χ1v) is 6.77. The summed E-state index contributed by atoms with van der Waals surface area (Å²) in [6.07, 6.45) is -0.286. The lowest BCUT2D eigenvalue weighted by Crippen LogP contribution is -2.45. The number of nitrogens with one attached hydrogen (secondary N) is 2. The fraction of sp³-hybridized carbons (Fsp3) is 0.700. The van der Waals surface area contributed by atoms with Crippen LogP contribution in [0.2, 0.25) is 0 Å². The first-order valence-electron chi connectivity index (χ1n) is 5.49. The maximum absolute atomic E-state index is 11.8. The molecular weight excluding hydrogens is 260 g/mol. The summed E-state index contributed by atoms with van der Waals surface area (Å²) in [6.45, 7) is 4.94. The monoisotopic (exact) mass is 278 g/mol. The van der Waals surface area contributed by atoms with Gasteiger partial charge in [0, 0.05) is 22.6 Å². The van der Waals surface area contributed by atoms with Gasteiger partial charge in [-0.05, 0) is 13.8 Å². The van der Waals surface area contributed by atoms with E-state index >= 15 is 0 Å². The van der Waals surface area contributed by atoms with E-state index in [0.29, 0.717) is 6.54 Å². The van der Waals surface area contributed by atoms with Gasteiger partial charge in [-0.2, -0.15) is 0 Å². The zero-order chi connectivity index (χ0) is 14.3. The Morgan fingerprint density at radius 1 is 1.28 bits per heavy atom. The van der Waals surface area contributed by atoms with Crippen molar-refractivity contribution < 1.29 is 23.7 Å². The van der Waals surface area contributed by atoms with Gasteiger partial charge in [0.1, 0.15) is 5.25 Å². The van der Waals surface area contributed by atoms with E-state index in [0.717, 1.165) is 0 Å². The number of carboxylic acid groups (broad SMARTS) is 1. The molecule has 0 rings (SSSR count). The quantitative estimate of drug-likeness (QED) is 0.624. The molecule has 18 heavy (non-hydrogen) atoms. The second-order valence-electron chi connectivity index (χ2n) is 3.73. The molecule has 3 N–H and O–H groups in total. The molecule has 0 heterocycles. The first kappa shape index (κ1) is 16.6. The topological polar surface area (TPSA) is 113 Å². The molecule has 3 unspecified atom stereocenters. The zero-order valence-corrected chi connectivity index (χ0v) is 11.4. The normalized spacial score (nSPS) is 15.3. The summed E-state index contributed by atoms with van der Waals surface area (Å²) in [7, 11) is -1.65. The van der Waals surface area contributed by atoms with E-state index in [4.69, 9.17) is 5.11 Å². The summed E-state index contributed by atoms with van der Waals surface area (Å²) in [5.41, 5.74) is 0. The molecule has 3 atom stereocenters. The Morgan fingerprint density at radius 3 is 2.28 bits per heavy atom. The highest BCUT2D eigenvalue weighted by molar-refractivity contribution is 7.87. The third-order valence-electron chi connectivity index (χ3n) is 2.15. The predicted octanol–water partition coefficient (Wildman–Crippen LogP) is -0.167. The molecule has 0 aliphatic heterocycles. The summed E-state index contributed by atoms with van der Waals surface area (Å²) in [5.74, 6) is -1.76. The molecule has 0 aromatic rings. The fourth-order valence-electron chi connectivity index (χ4n) is 1.20. The molecule has 104 valence electrons. The van der Waals surface area contributed by atoms with Crippen molar-refractivity contribution in [3.63, 3.8) is 0 Å². The van der Waals surface area contributed by atoms with Crippen molar-refractivity contribution in [3.05, 3.63) is 0 Å². The molecule has 0 saturated heterocycles. The highest BCUT2D eigenvalue weighted by Gasteiger charge is 2.26. The molecule has 0 radical (unpaired) electrons. The minimum atomic E-state index is -1.65. The average molecular weight is 278 g/mol. The van der Waals surface area contributed by atoms with Gasteiger partial charge in [0.25, 0.3) is 0 Å². The van der Waals surface area contributed by atoms with Gasteiger partial charge in [-0.25, -0.2) is 4.79 Å². The van der Waals surface area contributed by atoms with Gasteiger partial charge in [0.05, 0.1) is 6.42 Å². The van der Waals surface area contributed by atoms with Crippen molar-refractivity contribution in [3.8, 4) is 0 Å². The Hall–Kier alpha value is -1.44. The Labute approximate surface area is 108 Å². The van der Waals surface area contributed by atoms with Crippen LogP contribution in [0.3, 0.4) is 0 Å². The minimum absolute atomic E-state index is 0.286. The lowest BCUT2D eigenvalue weighted by Gasteiger charge is -2.15. The van der Waals surface area contributed by atoms with Crippen LogP contribution in [0.15, 0.2) is 0 Å². The molecule has 0 spiro atoms. The van der Waals surface area contributed by atoms with Crippen molar-refractivity contribution in [2.24, 2.45) is 0 Å². The number of carbonyl (C=O) groups is 3. The number of carboxylic acids is 1. The Balaban J connectivity index is 4.40. The maximum Gasteiger partial charge on any atom is 0.321 e. The van der Waals surface area contributed by atoms with Crippen LogP contribution in [-0.4, -0.2) is 44.3 Å². The second-order valence-corrected chi connectivity index (χ2v) is 5.90. The maximum atomic E-state index is 11.8. The summed E-state index contributed by atoms with van der Waals surface area (Å²) in [6, 6.07) is -0.655. The van der Waals surface area contributed by atoms with Gasteiger partial charge < -0.3 is 10.4 Å². The number of carbonyl (C=O) groups excluding carboxylic acids is 2. The summed E-state index contributed by atoms with van der Waals surface area (Å²) in [5, 5.41) is 11.4. The third-order valence-corrected chi connectivity index (χ3v) is 4.02. The van der Waals surface area contributed by atoms with Crippen LogP contribution in [0.5, 0.6) is 0 Å². The standard InChI is InChI=1S/C10H18N2O5S/c1-4-11-10(16)12-9(15)7(3)18(17)6(2)5-8(13)14/h6-7H,4-5H2,1-3H3,(H,13,14)(H2,11,12,15,16). The van der Waals surface area contributed by atoms with Crippen molar-refractivity contribution in [1.29, 1.82) is 0 Å². The SMILES string of the molecule is CCNC(=O)NC(=O)C(C)S(=O)C(C)CC(=O)O. The van der Waals surface area contributed by atoms with Crippen molar-refractivity contribution >= 4 is 28.7 Å². The predicted molar refractivity (Wildman–Crippen MR) is 66.5 cm³/mol. The van der Waals surface area contributed by atoms with Crippen LogP contribution in [-0.2, 0) is 20.4 Å². The number of hydrogen-bond donors (Lipinski definition) is 3. The summed E-state index contributed by atoms with van der Waals surface area (Å²) < 4.78 is 11.8. The van der Waals surface area contributed by atoms with Gasteiger partial charge in [-0.1, -0.05) is 6.92 Å². The molecule has 7 nitrogen and oxygen atoms in total. The highest BCUT2D eigenvalue weighted by Crippen LogP contribution is 2.08. The molecule has 0 aromatic carbocycles. The van der Waals surface area contributed by atoms with E-state index in [-0.39, 0.29) is 6.42 Å². The molecule has 0 aliphatic carbocycles. The number of hydrogen-bond acceptors (Lipinski definition) is 4. The molecule has 0 aliphatic rings. The van der Waals surface area contributed by atoms with Crippen LogP contribution in [0.25, 0.3) is 0 Å². The minimum Gasteiger partial charge on any atom is -0.481 e. The van der Waals surface area contributed by atoms with Gasteiger partial charge in [-0.15, -0.1) is 0 Å². The molecule has 0 fully saturated rings. The lowest BCUT2D eigenvalue weighted by molar-refractivity contribution is -0.137. The zero-order valence-electron chi connectivity index (χ0n) is 10.6. The molecule has 0 bridgehead atoms. The number of aliphatic carboxylic acids is 1. The molecule has 3 amide bonds. The number of amides is 3. The van der Waals surface area contributed by atoms with Gasteiger partial charge in [-0.3, -0.25) is 19.1 Å². The van der Waals surface area contributed by atoms with Crippen molar-refractivity contribution in [2.45, 2.75) is 37.7 Å². The van der Waals surface area contributed by atoms with E-state index in [1.165, 1.54) is 13.8 Å². The Morgan fingerprint density at radius 2 is 1.83 bits per heavy atom. The van der Waals surface area contributed by atoms with Crippen LogP contribution >= 0.6 is 0 Å². The van der Waals surface area contributed by atoms with Gasteiger partial charge in [0.15, 0.2) is 0 Å². The van der Waals surface area contributed by atoms with E-state index in [9.17, 15) is 18.6 Å². The molecule has 8 heteroatoms. The summed E-state index contributed by atoms with van der Waals surface area (Å²) in [4.78, 5) is 33.1. The fourth-order valence-corrected chi connectivity index (χ4v) is 2.47. The highest BCUT2D eigenvalue weighted by atomic mass is 32.2. The van der Waals surface area contributed by atoms with Crippen molar-refractivity contribution in [1.82, 2.24) is 10.6 Å². The van der Waals surface area contributed by atoms with E-state index in [1.54, 1.807) is 6.92 Å². The van der Waals surface area contributed by atoms with E-state index in [1.807, 2.05) is 5.32 Å². The van der Waals surface area contributed by atoms with Crippen LogP contribution in [0, 0.1) is 0 Å². The number of rotatable bonds is 6. The van der Waals surface area contributed by atoms with Gasteiger partial charge >= 0.3 is 12.0 Å². The molecular formula is C10H18N2O5S. The van der Waals surface area contributed by atoms with Gasteiger partial charge in [0.2, 0.25) is 5.91 Å². The third kappa shape index (κ3) is 5.76.